The van der Waals surface area contributed by atoms with Gasteiger partial charge in [0.05, 0.1) is 26.8 Å². The molecule has 0 amide bonds. The second-order valence-corrected chi connectivity index (χ2v) is 8.03. The van der Waals surface area contributed by atoms with Crippen LogP contribution in [0.1, 0.15) is 23.4 Å². The standard InChI is InChI=1S/C22H34N4O2S.HI/c1-7-23-22(24-16-18(25(2)3)21-9-8-14-29-21)26(4)13-12-17-10-11-19(27-5)20(15-17)28-6;/h8-11,14-15,18H,7,12-13,16H2,1-6H3,(H,23,24);1H. The average molecular weight is 547 g/mol. The van der Waals surface area contributed by atoms with Crippen LogP contribution < -0.4 is 14.8 Å². The molecule has 6 nitrogen and oxygen atoms in total. The third-order valence-corrected chi connectivity index (χ3v) is 5.76. The highest BCUT2D eigenvalue weighted by molar-refractivity contribution is 14.0. The maximum absolute atomic E-state index is 5.41. The van der Waals surface area contributed by atoms with Crippen molar-refractivity contribution in [1.82, 2.24) is 15.1 Å². The fourth-order valence-electron chi connectivity index (χ4n) is 3.07. The van der Waals surface area contributed by atoms with Crippen LogP contribution in [0.2, 0.25) is 0 Å². The molecule has 30 heavy (non-hydrogen) atoms. The molecule has 168 valence electrons. The van der Waals surface area contributed by atoms with Crippen LogP contribution in [0.5, 0.6) is 11.5 Å². The summed E-state index contributed by atoms with van der Waals surface area (Å²) in [6.07, 6.45) is 0.892. The van der Waals surface area contributed by atoms with Gasteiger partial charge in [0.1, 0.15) is 0 Å². The Hall–Kier alpha value is -1.52. The highest BCUT2D eigenvalue weighted by Crippen LogP contribution is 2.27. The van der Waals surface area contributed by atoms with E-state index in [0.717, 1.165) is 43.5 Å². The molecule has 0 aliphatic rings. The largest absolute Gasteiger partial charge is 0.493 e. The molecule has 1 atom stereocenters. The van der Waals surface area contributed by atoms with Crippen molar-refractivity contribution in [3.8, 4) is 11.5 Å². The zero-order chi connectivity index (χ0) is 21.2. The Bertz CT molecular complexity index is 769. The van der Waals surface area contributed by atoms with E-state index in [-0.39, 0.29) is 30.0 Å². The van der Waals surface area contributed by atoms with Gasteiger partial charge in [-0.1, -0.05) is 12.1 Å². The molecule has 1 heterocycles. The van der Waals surface area contributed by atoms with Crippen molar-refractivity contribution in [3.63, 3.8) is 0 Å². The van der Waals surface area contributed by atoms with Gasteiger partial charge in [0.25, 0.3) is 0 Å². The van der Waals surface area contributed by atoms with Gasteiger partial charge in [0.2, 0.25) is 0 Å². The van der Waals surface area contributed by atoms with E-state index >= 15 is 0 Å². The molecule has 0 saturated heterocycles. The molecule has 0 spiro atoms. The smallest absolute Gasteiger partial charge is 0.193 e. The number of benzene rings is 1. The third kappa shape index (κ3) is 7.63. The van der Waals surface area contributed by atoms with Gasteiger partial charge in [-0.3, -0.25) is 4.99 Å². The molecular formula is C22H35IN4O2S. The number of halogens is 1. The van der Waals surface area contributed by atoms with Gasteiger partial charge in [-0.2, -0.15) is 0 Å². The van der Waals surface area contributed by atoms with E-state index in [1.807, 2.05) is 12.1 Å². The van der Waals surface area contributed by atoms with E-state index in [9.17, 15) is 0 Å². The first-order valence-electron chi connectivity index (χ1n) is 9.90. The summed E-state index contributed by atoms with van der Waals surface area (Å²) in [6, 6.07) is 10.6. The number of rotatable bonds is 10. The number of likely N-dealkylation sites (N-methyl/N-ethyl adjacent to an activating group) is 2. The maximum Gasteiger partial charge on any atom is 0.193 e. The lowest BCUT2D eigenvalue weighted by atomic mass is 10.1. The minimum Gasteiger partial charge on any atom is -0.493 e. The highest BCUT2D eigenvalue weighted by atomic mass is 127. The minimum atomic E-state index is 0. The van der Waals surface area contributed by atoms with Crippen LogP contribution >= 0.6 is 35.3 Å². The quantitative estimate of drug-likeness (QED) is 0.276. The molecule has 0 aliphatic carbocycles. The molecule has 0 fully saturated rings. The summed E-state index contributed by atoms with van der Waals surface area (Å²) >= 11 is 1.78. The number of ether oxygens (including phenoxy) is 2. The van der Waals surface area contributed by atoms with Crippen LogP contribution in [-0.2, 0) is 6.42 Å². The summed E-state index contributed by atoms with van der Waals surface area (Å²) in [5.74, 6) is 2.44. The molecule has 0 saturated carbocycles. The monoisotopic (exact) mass is 546 g/mol. The van der Waals surface area contributed by atoms with Crippen molar-refractivity contribution in [2.24, 2.45) is 4.99 Å². The molecule has 2 rings (SSSR count). The number of nitrogens with one attached hydrogen (secondary N) is 1. The number of aliphatic imine (C=N–C) groups is 1. The van der Waals surface area contributed by atoms with Gasteiger partial charge in [0, 0.05) is 25.0 Å². The Balaban J connectivity index is 0.00000450. The normalized spacial score (nSPS) is 12.3. The van der Waals surface area contributed by atoms with E-state index in [4.69, 9.17) is 14.5 Å². The number of guanidine groups is 1. The Morgan fingerprint density at radius 2 is 1.87 bits per heavy atom. The summed E-state index contributed by atoms with van der Waals surface area (Å²) < 4.78 is 10.7. The molecule has 1 aromatic heterocycles. The van der Waals surface area contributed by atoms with E-state index < -0.39 is 0 Å². The van der Waals surface area contributed by atoms with E-state index in [2.05, 4.69) is 66.8 Å². The molecule has 0 aliphatic heterocycles. The number of nitrogens with zero attached hydrogens (tertiary/aromatic N) is 3. The highest BCUT2D eigenvalue weighted by Gasteiger charge is 2.16. The van der Waals surface area contributed by atoms with Crippen molar-refractivity contribution in [3.05, 3.63) is 46.2 Å². The zero-order valence-electron chi connectivity index (χ0n) is 18.8. The predicted molar refractivity (Wildman–Crippen MR) is 138 cm³/mol. The Morgan fingerprint density at radius 1 is 1.13 bits per heavy atom. The van der Waals surface area contributed by atoms with Crippen LogP contribution in [0.3, 0.4) is 0 Å². The lowest BCUT2D eigenvalue weighted by Crippen LogP contribution is -2.40. The van der Waals surface area contributed by atoms with Gasteiger partial charge in [-0.25, -0.2) is 0 Å². The summed E-state index contributed by atoms with van der Waals surface area (Å²) in [5.41, 5.74) is 1.20. The van der Waals surface area contributed by atoms with Gasteiger partial charge in [-0.05, 0) is 56.6 Å². The lowest BCUT2D eigenvalue weighted by molar-refractivity contribution is 0.309. The molecular weight excluding hydrogens is 511 g/mol. The summed E-state index contributed by atoms with van der Waals surface area (Å²) in [7, 11) is 9.61. The van der Waals surface area contributed by atoms with Crippen molar-refractivity contribution >= 4 is 41.3 Å². The van der Waals surface area contributed by atoms with Crippen LogP contribution in [-0.4, -0.2) is 70.8 Å². The average Bonchev–Trinajstić information content (AvgIpc) is 3.25. The molecule has 1 unspecified atom stereocenters. The second kappa shape index (κ2) is 13.7. The molecule has 0 radical (unpaired) electrons. The lowest BCUT2D eigenvalue weighted by Gasteiger charge is -2.25. The van der Waals surface area contributed by atoms with Gasteiger partial charge in [-0.15, -0.1) is 35.3 Å². The predicted octanol–water partition coefficient (Wildman–Crippen LogP) is 4.13. The summed E-state index contributed by atoms with van der Waals surface area (Å²) in [6.45, 7) is 4.51. The molecule has 0 bridgehead atoms. The molecule has 1 N–H and O–H groups in total. The first-order chi connectivity index (χ1) is 14.0. The van der Waals surface area contributed by atoms with E-state index in [1.54, 1.807) is 25.6 Å². The SMILES string of the molecule is CCNC(=NCC(c1cccs1)N(C)C)N(C)CCc1ccc(OC)c(OC)c1.I. The van der Waals surface area contributed by atoms with Crippen molar-refractivity contribution in [2.45, 2.75) is 19.4 Å². The number of hydrogen-bond donors (Lipinski definition) is 1. The molecule has 1 aromatic carbocycles. The number of thiophene rings is 1. The van der Waals surface area contributed by atoms with Gasteiger partial charge in [0.15, 0.2) is 17.5 Å². The fourth-order valence-corrected chi connectivity index (χ4v) is 3.98. The van der Waals surface area contributed by atoms with E-state index in [1.165, 1.54) is 10.4 Å². The van der Waals surface area contributed by atoms with E-state index in [0.29, 0.717) is 0 Å². The van der Waals surface area contributed by atoms with Crippen LogP contribution in [0.4, 0.5) is 0 Å². The Kier molecular flexibility index (Phi) is 12.1. The van der Waals surface area contributed by atoms with Crippen molar-refractivity contribution in [2.75, 3.05) is 55.0 Å². The van der Waals surface area contributed by atoms with Gasteiger partial charge >= 0.3 is 0 Å². The maximum atomic E-state index is 5.41. The minimum absolute atomic E-state index is 0. The Labute approximate surface area is 202 Å². The topological polar surface area (TPSA) is 49.3 Å². The first-order valence-corrected chi connectivity index (χ1v) is 10.8. The van der Waals surface area contributed by atoms with Crippen molar-refractivity contribution in [1.29, 1.82) is 0 Å². The summed E-state index contributed by atoms with van der Waals surface area (Å²) in [4.78, 5) is 10.7. The van der Waals surface area contributed by atoms with Crippen LogP contribution in [0, 0.1) is 0 Å². The Morgan fingerprint density at radius 3 is 2.43 bits per heavy atom. The van der Waals surface area contributed by atoms with Crippen LogP contribution in [0.15, 0.2) is 40.7 Å². The first kappa shape index (κ1) is 26.5. The molecule has 2 aromatic rings. The third-order valence-electron chi connectivity index (χ3n) is 4.79. The van der Waals surface area contributed by atoms with Gasteiger partial charge < -0.3 is 24.6 Å². The zero-order valence-corrected chi connectivity index (χ0v) is 22.0. The second-order valence-electron chi connectivity index (χ2n) is 7.05. The number of hydrogen-bond acceptors (Lipinski definition) is 5. The fraction of sp³-hybridized carbons (Fsp3) is 0.500. The molecule has 8 heteroatoms. The number of methoxy groups -OCH3 is 2. The van der Waals surface area contributed by atoms with Crippen LogP contribution in [0.25, 0.3) is 0 Å². The summed E-state index contributed by atoms with van der Waals surface area (Å²) in [5, 5.41) is 5.54. The van der Waals surface area contributed by atoms with Crippen molar-refractivity contribution < 1.29 is 9.47 Å².